The second kappa shape index (κ2) is 6.25. The number of rotatable bonds is 4. The highest BCUT2D eigenvalue weighted by Crippen LogP contribution is 2.30. The first-order valence-corrected chi connectivity index (χ1v) is 8.37. The molecular formula is C16H28N2S. The van der Waals surface area contributed by atoms with Gasteiger partial charge in [-0.2, -0.15) is 11.8 Å². The normalized spacial score (nSPS) is 15.6. The van der Waals surface area contributed by atoms with Crippen molar-refractivity contribution < 1.29 is 0 Å². The van der Waals surface area contributed by atoms with Crippen LogP contribution in [0.2, 0.25) is 0 Å². The van der Waals surface area contributed by atoms with E-state index in [9.17, 15) is 0 Å². The highest BCUT2D eigenvalue weighted by atomic mass is 32.2. The third kappa shape index (κ3) is 4.20. The van der Waals surface area contributed by atoms with Crippen molar-refractivity contribution >= 4 is 11.8 Å². The summed E-state index contributed by atoms with van der Waals surface area (Å²) in [6.45, 7) is 15.6. The van der Waals surface area contributed by atoms with E-state index in [2.05, 4.69) is 60.8 Å². The molecule has 0 spiro atoms. The van der Waals surface area contributed by atoms with Crippen molar-refractivity contribution in [3.63, 3.8) is 0 Å². The first-order chi connectivity index (χ1) is 8.66. The smallest absolute Gasteiger partial charge is 0.141 e. The predicted molar refractivity (Wildman–Crippen MR) is 85.9 cm³/mol. The Labute approximate surface area is 122 Å². The quantitative estimate of drug-likeness (QED) is 0.779. The first-order valence-electron chi connectivity index (χ1n) is 7.09. The Morgan fingerprint density at radius 3 is 2.05 bits per heavy atom. The molecule has 0 radical (unpaired) electrons. The van der Waals surface area contributed by atoms with Crippen LogP contribution in [0.5, 0.6) is 0 Å². The van der Waals surface area contributed by atoms with Gasteiger partial charge in [0.25, 0.3) is 0 Å². The standard InChI is InChI=1S/C16H28N2S/c1-10(2)11(3)13-9-14(16(5,6)7)18-15(17-13)12(4)19-8/h9-12H,1-8H3/t11-,12?/m1/s1. The van der Waals surface area contributed by atoms with E-state index in [1.54, 1.807) is 11.8 Å². The highest BCUT2D eigenvalue weighted by Gasteiger charge is 2.22. The third-order valence-corrected chi connectivity index (χ3v) is 4.63. The summed E-state index contributed by atoms with van der Waals surface area (Å²) >= 11 is 1.80. The zero-order valence-electron chi connectivity index (χ0n) is 13.6. The van der Waals surface area contributed by atoms with Gasteiger partial charge in [0.1, 0.15) is 5.82 Å². The Bertz CT molecular complexity index is 421. The Balaban J connectivity index is 3.32. The van der Waals surface area contributed by atoms with Crippen LogP contribution >= 0.6 is 11.8 Å². The van der Waals surface area contributed by atoms with Gasteiger partial charge < -0.3 is 0 Å². The Hall–Kier alpha value is -0.570. The summed E-state index contributed by atoms with van der Waals surface area (Å²) in [4.78, 5) is 9.59. The Kier molecular flexibility index (Phi) is 5.43. The molecule has 2 atom stereocenters. The summed E-state index contributed by atoms with van der Waals surface area (Å²) in [5, 5.41) is 0.348. The predicted octanol–water partition coefficient (Wildman–Crippen LogP) is 4.96. The average Bonchev–Trinajstić information content (AvgIpc) is 2.35. The molecule has 19 heavy (non-hydrogen) atoms. The van der Waals surface area contributed by atoms with Crippen LogP contribution in [0.15, 0.2) is 6.07 Å². The molecule has 108 valence electrons. The molecule has 0 saturated heterocycles. The maximum Gasteiger partial charge on any atom is 0.141 e. The SMILES string of the molecule is CSC(C)c1nc([C@H](C)C(C)C)cc(C(C)(C)C)n1. The third-order valence-electron chi connectivity index (χ3n) is 3.72. The van der Waals surface area contributed by atoms with Crippen LogP contribution in [0.25, 0.3) is 0 Å². The van der Waals surface area contributed by atoms with E-state index < -0.39 is 0 Å². The minimum absolute atomic E-state index is 0.0707. The Morgan fingerprint density at radius 2 is 1.63 bits per heavy atom. The van der Waals surface area contributed by atoms with E-state index in [0.717, 1.165) is 11.5 Å². The van der Waals surface area contributed by atoms with Crippen LogP contribution in [0.4, 0.5) is 0 Å². The first kappa shape index (κ1) is 16.5. The van der Waals surface area contributed by atoms with E-state index in [1.807, 2.05) is 0 Å². The molecule has 1 aromatic rings. The summed E-state index contributed by atoms with van der Waals surface area (Å²) in [7, 11) is 0. The van der Waals surface area contributed by atoms with Crippen molar-refractivity contribution in [2.75, 3.05) is 6.26 Å². The number of hydrogen-bond acceptors (Lipinski definition) is 3. The molecule has 0 aliphatic rings. The van der Waals surface area contributed by atoms with Gasteiger partial charge in [-0.15, -0.1) is 0 Å². The number of thioether (sulfide) groups is 1. The molecule has 2 nitrogen and oxygen atoms in total. The van der Waals surface area contributed by atoms with Crippen LogP contribution in [-0.2, 0) is 5.41 Å². The maximum absolute atomic E-state index is 4.81. The monoisotopic (exact) mass is 280 g/mol. The second-order valence-electron chi connectivity index (χ2n) is 6.70. The highest BCUT2D eigenvalue weighted by molar-refractivity contribution is 7.98. The lowest BCUT2D eigenvalue weighted by molar-refractivity contribution is 0.509. The molecule has 3 heteroatoms. The largest absolute Gasteiger partial charge is 0.236 e. The molecule has 1 heterocycles. The van der Waals surface area contributed by atoms with Gasteiger partial charge in [-0.3, -0.25) is 0 Å². The van der Waals surface area contributed by atoms with Crippen molar-refractivity contribution in [3.8, 4) is 0 Å². The van der Waals surface area contributed by atoms with E-state index in [1.165, 1.54) is 5.69 Å². The molecule has 1 aromatic heterocycles. The maximum atomic E-state index is 4.81. The van der Waals surface area contributed by atoms with Gasteiger partial charge in [0, 0.05) is 22.7 Å². The molecule has 0 saturated carbocycles. The zero-order chi connectivity index (χ0) is 14.8. The lowest BCUT2D eigenvalue weighted by Gasteiger charge is -2.23. The van der Waals surface area contributed by atoms with E-state index >= 15 is 0 Å². The van der Waals surface area contributed by atoms with Crippen molar-refractivity contribution in [2.24, 2.45) is 5.92 Å². The van der Waals surface area contributed by atoms with Crippen molar-refractivity contribution in [1.82, 2.24) is 9.97 Å². The summed E-state index contributed by atoms with van der Waals surface area (Å²) in [6.07, 6.45) is 2.11. The van der Waals surface area contributed by atoms with Crippen molar-refractivity contribution in [3.05, 3.63) is 23.3 Å². The number of hydrogen-bond donors (Lipinski definition) is 0. The van der Waals surface area contributed by atoms with Gasteiger partial charge in [0.05, 0.1) is 5.25 Å². The van der Waals surface area contributed by atoms with E-state index in [4.69, 9.17) is 9.97 Å². The van der Waals surface area contributed by atoms with Gasteiger partial charge in [0.15, 0.2) is 0 Å². The van der Waals surface area contributed by atoms with Crippen LogP contribution in [0.1, 0.15) is 76.8 Å². The fraction of sp³-hybridized carbons (Fsp3) is 0.750. The lowest BCUT2D eigenvalue weighted by atomic mass is 9.88. The lowest BCUT2D eigenvalue weighted by Crippen LogP contribution is -2.18. The summed E-state index contributed by atoms with van der Waals surface area (Å²) in [5.41, 5.74) is 2.41. The van der Waals surface area contributed by atoms with E-state index in [0.29, 0.717) is 17.1 Å². The van der Waals surface area contributed by atoms with E-state index in [-0.39, 0.29) is 5.41 Å². The van der Waals surface area contributed by atoms with Gasteiger partial charge in [-0.1, -0.05) is 41.5 Å². The van der Waals surface area contributed by atoms with Crippen LogP contribution < -0.4 is 0 Å². The summed E-state index contributed by atoms with van der Waals surface area (Å²) in [5.74, 6) is 2.04. The van der Waals surface area contributed by atoms with Crippen LogP contribution in [-0.4, -0.2) is 16.2 Å². The van der Waals surface area contributed by atoms with Crippen LogP contribution in [0.3, 0.4) is 0 Å². The second-order valence-corrected chi connectivity index (χ2v) is 7.88. The minimum Gasteiger partial charge on any atom is -0.236 e. The molecule has 0 aromatic carbocycles. The zero-order valence-corrected chi connectivity index (χ0v) is 14.4. The molecule has 0 aliphatic heterocycles. The Morgan fingerprint density at radius 1 is 1.05 bits per heavy atom. The summed E-state index contributed by atoms with van der Waals surface area (Å²) < 4.78 is 0. The fourth-order valence-electron chi connectivity index (χ4n) is 1.73. The topological polar surface area (TPSA) is 25.8 Å². The number of aromatic nitrogens is 2. The molecule has 0 N–H and O–H groups in total. The van der Waals surface area contributed by atoms with Gasteiger partial charge in [-0.05, 0) is 25.2 Å². The average molecular weight is 280 g/mol. The van der Waals surface area contributed by atoms with Gasteiger partial charge in [0.2, 0.25) is 0 Å². The molecular weight excluding hydrogens is 252 g/mol. The molecule has 0 fully saturated rings. The van der Waals surface area contributed by atoms with Gasteiger partial charge in [-0.25, -0.2) is 9.97 Å². The number of nitrogens with zero attached hydrogens (tertiary/aromatic N) is 2. The van der Waals surface area contributed by atoms with Crippen molar-refractivity contribution in [2.45, 2.75) is 65.0 Å². The molecule has 0 aliphatic carbocycles. The van der Waals surface area contributed by atoms with Gasteiger partial charge >= 0.3 is 0 Å². The fourth-order valence-corrected chi connectivity index (χ4v) is 2.05. The minimum atomic E-state index is 0.0707. The molecule has 1 unspecified atom stereocenters. The van der Waals surface area contributed by atoms with Crippen molar-refractivity contribution in [1.29, 1.82) is 0 Å². The summed E-state index contributed by atoms with van der Waals surface area (Å²) in [6, 6.07) is 2.20. The molecule has 1 rings (SSSR count). The molecule has 0 amide bonds. The molecule has 0 bridgehead atoms. The van der Waals surface area contributed by atoms with Crippen LogP contribution in [0, 0.1) is 5.92 Å².